The molecule has 14 heavy (non-hydrogen) atoms. The Kier molecular flexibility index (Phi) is 2.33. The molecule has 0 bridgehead atoms. The van der Waals surface area contributed by atoms with Gasteiger partial charge in [0.1, 0.15) is 5.69 Å². The molecule has 0 aliphatic carbocycles. The molecule has 5 heteroatoms. The molecule has 3 N–H and O–H groups in total. The highest BCUT2D eigenvalue weighted by Gasteiger charge is 2.19. The average molecular weight is 197 g/mol. The molecule has 0 aromatic carbocycles. The van der Waals surface area contributed by atoms with Gasteiger partial charge in [0.05, 0.1) is 11.7 Å². The molecule has 1 fully saturated rings. The quantitative estimate of drug-likeness (QED) is 0.685. The van der Waals surface area contributed by atoms with Crippen molar-refractivity contribution < 1.29 is 4.74 Å². The Labute approximate surface area is 81.8 Å². The lowest BCUT2D eigenvalue weighted by Crippen LogP contribution is -2.28. The van der Waals surface area contributed by atoms with E-state index in [2.05, 4.69) is 5.10 Å². The van der Waals surface area contributed by atoms with Crippen molar-refractivity contribution in [1.29, 1.82) is 0 Å². The van der Waals surface area contributed by atoms with Gasteiger partial charge in [-0.3, -0.25) is 9.89 Å². The van der Waals surface area contributed by atoms with Crippen LogP contribution in [0.15, 0.2) is 4.79 Å². The van der Waals surface area contributed by atoms with Crippen molar-refractivity contribution in [2.45, 2.75) is 25.8 Å². The summed E-state index contributed by atoms with van der Waals surface area (Å²) in [5, 5.41) is 3.01. The second-order valence-electron chi connectivity index (χ2n) is 3.67. The third-order valence-corrected chi connectivity index (χ3v) is 2.70. The smallest absolute Gasteiger partial charge is 0.290 e. The highest BCUT2D eigenvalue weighted by atomic mass is 16.5. The number of H-pyrrole nitrogens is 1. The van der Waals surface area contributed by atoms with Gasteiger partial charge in [-0.2, -0.15) is 0 Å². The molecule has 0 radical (unpaired) electrons. The zero-order chi connectivity index (χ0) is 10.1. The third kappa shape index (κ3) is 1.43. The Morgan fingerprint density at radius 2 is 2.14 bits per heavy atom. The lowest BCUT2D eigenvalue weighted by atomic mass is 10.1. The standard InChI is InChI=1S/C9H15N3O2/c1-6-8(10)9(13)12(11-6)7-2-4-14-5-3-7/h7,11H,2-5,10H2,1H3. The van der Waals surface area contributed by atoms with Gasteiger partial charge in [-0.1, -0.05) is 0 Å². The summed E-state index contributed by atoms with van der Waals surface area (Å²) in [4.78, 5) is 11.7. The van der Waals surface area contributed by atoms with Gasteiger partial charge in [0.15, 0.2) is 0 Å². The zero-order valence-corrected chi connectivity index (χ0v) is 8.25. The SMILES string of the molecule is Cc1[nH]n(C2CCOCC2)c(=O)c1N. The molecule has 78 valence electrons. The molecule has 0 saturated carbocycles. The highest BCUT2D eigenvalue weighted by molar-refractivity contribution is 5.39. The van der Waals surface area contributed by atoms with Crippen LogP contribution in [0.4, 0.5) is 5.69 Å². The largest absolute Gasteiger partial charge is 0.393 e. The molecule has 0 amide bonds. The summed E-state index contributed by atoms with van der Waals surface area (Å²) in [6.07, 6.45) is 1.75. The molecule has 1 aliphatic heterocycles. The Morgan fingerprint density at radius 3 is 2.64 bits per heavy atom. The molecule has 1 aromatic heterocycles. The van der Waals surface area contributed by atoms with Crippen LogP contribution in [0.2, 0.25) is 0 Å². The van der Waals surface area contributed by atoms with E-state index in [9.17, 15) is 4.79 Å². The number of aryl methyl sites for hydroxylation is 1. The second-order valence-corrected chi connectivity index (χ2v) is 3.67. The van der Waals surface area contributed by atoms with Crippen LogP contribution in [-0.2, 0) is 4.74 Å². The van der Waals surface area contributed by atoms with E-state index in [1.807, 2.05) is 6.92 Å². The summed E-state index contributed by atoms with van der Waals surface area (Å²) in [5.74, 6) is 0. The van der Waals surface area contributed by atoms with Crippen LogP contribution in [0.3, 0.4) is 0 Å². The Bertz CT molecular complexity index is 374. The van der Waals surface area contributed by atoms with Crippen molar-refractivity contribution in [3.05, 3.63) is 16.0 Å². The summed E-state index contributed by atoms with van der Waals surface area (Å²) in [7, 11) is 0. The number of nitrogen functional groups attached to an aromatic ring is 1. The Balaban J connectivity index is 2.31. The third-order valence-electron chi connectivity index (χ3n) is 2.70. The normalized spacial score (nSPS) is 18.6. The maximum Gasteiger partial charge on any atom is 0.290 e. The number of anilines is 1. The molecular formula is C9H15N3O2. The molecule has 2 rings (SSSR count). The first kappa shape index (κ1) is 9.33. The number of aromatic nitrogens is 2. The number of hydrogen-bond donors (Lipinski definition) is 2. The molecule has 2 heterocycles. The fraction of sp³-hybridized carbons (Fsp3) is 0.667. The van der Waals surface area contributed by atoms with Crippen molar-refractivity contribution in [3.8, 4) is 0 Å². The van der Waals surface area contributed by atoms with Gasteiger partial charge >= 0.3 is 0 Å². The van der Waals surface area contributed by atoms with Gasteiger partial charge in [0, 0.05) is 13.2 Å². The number of hydrogen-bond acceptors (Lipinski definition) is 3. The van der Waals surface area contributed by atoms with Gasteiger partial charge in [-0.15, -0.1) is 0 Å². The van der Waals surface area contributed by atoms with Gasteiger partial charge in [0.2, 0.25) is 0 Å². The van der Waals surface area contributed by atoms with Crippen LogP contribution in [0.25, 0.3) is 0 Å². The highest BCUT2D eigenvalue weighted by Crippen LogP contribution is 2.19. The summed E-state index contributed by atoms with van der Waals surface area (Å²) in [6, 6.07) is 0.215. The second kappa shape index (κ2) is 3.49. The van der Waals surface area contributed by atoms with E-state index in [0.29, 0.717) is 5.69 Å². The van der Waals surface area contributed by atoms with E-state index in [4.69, 9.17) is 10.5 Å². The van der Waals surface area contributed by atoms with Crippen molar-refractivity contribution in [2.24, 2.45) is 0 Å². The number of nitrogens with zero attached hydrogens (tertiary/aromatic N) is 1. The van der Waals surface area contributed by atoms with Crippen LogP contribution in [-0.4, -0.2) is 23.0 Å². The van der Waals surface area contributed by atoms with Gasteiger partial charge in [-0.05, 0) is 19.8 Å². The molecular weight excluding hydrogens is 182 g/mol. The monoisotopic (exact) mass is 197 g/mol. The van der Waals surface area contributed by atoms with Gasteiger partial charge in [0.25, 0.3) is 5.56 Å². The lowest BCUT2D eigenvalue weighted by molar-refractivity contribution is 0.0653. The van der Waals surface area contributed by atoms with Crippen LogP contribution >= 0.6 is 0 Å². The minimum Gasteiger partial charge on any atom is -0.393 e. The number of aromatic amines is 1. The predicted octanol–water partition coefficient (Wildman–Crippen LogP) is 0.419. The van der Waals surface area contributed by atoms with Crippen LogP contribution in [0, 0.1) is 6.92 Å². The molecule has 0 atom stereocenters. The average Bonchev–Trinajstić information content (AvgIpc) is 2.47. The number of ether oxygens (including phenoxy) is 1. The number of rotatable bonds is 1. The summed E-state index contributed by atoms with van der Waals surface area (Å²) in [6.45, 7) is 3.25. The minimum atomic E-state index is -0.102. The fourth-order valence-electron chi connectivity index (χ4n) is 1.78. The number of nitrogens with one attached hydrogen (secondary N) is 1. The zero-order valence-electron chi connectivity index (χ0n) is 8.25. The number of nitrogens with two attached hydrogens (primary N) is 1. The predicted molar refractivity (Wildman–Crippen MR) is 53.3 cm³/mol. The van der Waals surface area contributed by atoms with Gasteiger partial charge in [-0.25, -0.2) is 4.68 Å². The van der Waals surface area contributed by atoms with E-state index in [1.165, 1.54) is 0 Å². The van der Waals surface area contributed by atoms with Crippen molar-refractivity contribution in [1.82, 2.24) is 9.78 Å². The van der Waals surface area contributed by atoms with E-state index in [-0.39, 0.29) is 11.6 Å². The molecule has 1 aromatic rings. The first-order chi connectivity index (χ1) is 6.70. The van der Waals surface area contributed by atoms with E-state index >= 15 is 0 Å². The first-order valence-corrected chi connectivity index (χ1v) is 4.84. The van der Waals surface area contributed by atoms with E-state index in [0.717, 1.165) is 31.7 Å². The lowest BCUT2D eigenvalue weighted by Gasteiger charge is -2.22. The molecule has 0 spiro atoms. The maximum atomic E-state index is 11.7. The fourth-order valence-corrected chi connectivity index (χ4v) is 1.78. The Morgan fingerprint density at radius 1 is 1.50 bits per heavy atom. The Hall–Kier alpha value is -1.23. The first-order valence-electron chi connectivity index (χ1n) is 4.84. The summed E-state index contributed by atoms with van der Waals surface area (Å²) >= 11 is 0. The molecule has 0 unspecified atom stereocenters. The van der Waals surface area contributed by atoms with E-state index < -0.39 is 0 Å². The molecule has 5 nitrogen and oxygen atoms in total. The van der Waals surface area contributed by atoms with Crippen molar-refractivity contribution >= 4 is 5.69 Å². The van der Waals surface area contributed by atoms with Crippen molar-refractivity contribution in [2.75, 3.05) is 18.9 Å². The summed E-state index contributed by atoms with van der Waals surface area (Å²) in [5.41, 5.74) is 6.59. The van der Waals surface area contributed by atoms with Crippen molar-refractivity contribution in [3.63, 3.8) is 0 Å². The maximum absolute atomic E-state index is 11.7. The topological polar surface area (TPSA) is 73.0 Å². The van der Waals surface area contributed by atoms with Crippen LogP contribution < -0.4 is 11.3 Å². The van der Waals surface area contributed by atoms with Crippen LogP contribution in [0.1, 0.15) is 24.6 Å². The molecule has 1 aliphatic rings. The van der Waals surface area contributed by atoms with E-state index in [1.54, 1.807) is 4.68 Å². The van der Waals surface area contributed by atoms with Crippen LogP contribution in [0.5, 0.6) is 0 Å². The minimum absolute atomic E-state index is 0.102. The van der Waals surface area contributed by atoms with Gasteiger partial charge < -0.3 is 10.5 Å². The molecule has 1 saturated heterocycles. The summed E-state index contributed by atoms with van der Waals surface area (Å²) < 4.78 is 6.87.